The number of unbranched alkanes of at least 4 members (excludes halogenated alkanes) is 24. The van der Waals surface area contributed by atoms with E-state index in [0.717, 1.165) is 128 Å². The van der Waals surface area contributed by atoms with E-state index in [1.54, 1.807) is 0 Å². The van der Waals surface area contributed by atoms with Gasteiger partial charge in [-0.3, -0.25) is 14.4 Å². The van der Waals surface area contributed by atoms with Crippen LogP contribution < -0.4 is 0 Å². The number of carbonyl (C=O) groups excluding carboxylic acids is 3. The Morgan fingerprint density at radius 3 is 1.32 bits per heavy atom. The lowest BCUT2D eigenvalue weighted by Gasteiger charge is -2.40. The van der Waals surface area contributed by atoms with Crippen LogP contribution in [-0.4, -0.2) is 89.2 Å². The van der Waals surface area contributed by atoms with Crippen LogP contribution in [-0.2, 0) is 42.9 Å². The number of carboxylic acids is 1. The first-order chi connectivity index (χ1) is 36.6. The molecule has 3 N–H and O–H groups in total. The first kappa shape index (κ1) is 69.2. The molecule has 6 unspecified atom stereocenters. The van der Waals surface area contributed by atoms with Crippen LogP contribution in [0.5, 0.6) is 0 Å². The fraction of sp³-hybridized carbons (Fsp3) is 0.746. The molecule has 1 rings (SSSR count). The maximum atomic E-state index is 13.1. The molecule has 0 aromatic rings. The Morgan fingerprint density at radius 2 is 0.840 bits per heavy atom. The number of hydrogen-bond donors (Lipinski definition) is 3. The van der Waals surface area contributed by atoms with Gasteiger partial charge in [0.05, 0.1) is 6.61 Å². The maximum Gasteiger partial charge on any atom is 0.335 e. The molecule has 0 spiro atoms. The van der Waals surface area contributed by atoms with Gasteiger partial charge in [-0.2, -0.15) is 0 Å². The second-order valence-electron chi connectivity index (χ2n) is 20.2. The van der Waals surface area contributed by atoms with E-state index in [-0.39, 0.29) is 25.9 Å². The fourth-order valence-corrected chi connectivity index (χ4v) is 8.64. The van der Waals surface area contributed by atoms with Crippen LogP contribution >= 0.6 is 0 Å². The fourth-order valence-electron chi connectivity index (χ4n) is 8.64. The van der Waals surface area contributed by atoms with E-state index >= 15 is 0 Å². The van der Waals surface area contributed by atoms with Crippen LogP contribution in [0.2, 0.25) is 0 Å². The van der Waals surface area contributed by atoms with Crippen molar-refractivity contribution in [2.75, 3.05) is 13.2 Å². The standard InChI is InChI=1S/C63H106O12/c1-4-7-10-13-16-19-22-25-27-28-30-32-34-37-40-43-46-49-55(64)71-52-54(73-56(65)50-47-44-41-38-35-31-24-21-18-15-12-9-6-3)53-72-63-61(59(68)58(67)60(75-63)62(69)70)74-57(66)51-48-45-42-39-36-33-29-26-23-20-17-14-11-8-5-2/h8,11,16-17,19-21,24-27,29,54,58-61,63,67-68H,4-7,9-10,12-15,18,22-23,28,30-53H2,1-3H3,(H,69,70)/b11-8-,19-16-,20-17-,24-21-,27-25-,29-26-. The smallest absolute Gasteiger partial charge is 0.335 e. The molecular weight excluding hydrogens is 949 g/mol. The third-order valence-corrected chi connectivity index (χ3v) is 13.2. The molecule has 0 saturated carbocycles. The Balaban J connectivity index is 2.70. The van der Waals surface area contributed by atoms with Crippen LogP contribution in [0.1, 0.15) is 252 Å². The lowest BCUT2D eigenvalue weighted by molar-refractivity contribution is -0.301. The number of rotatable bonds is 50. The van der Waals surface area contributed by atoms with E-state index in [9.17, 15) is 34.5 Å². The van der Waals surface area contributed by atoms with Gasteiger partial charge in [0.1, 0.15) is 18.8 Å². The summed E-state index contributed by atoms with van der Waals surface area (Å²) in [5.74, 6) is -3.16. The van der Waals surface area contributed by atoms with E-state index in [1.807, 2.05) is 0 Å². The second-order valence-corrected chi connectivity index (χ2v) is 20.2. The van der Waals surface area contributed by atoms with Crippen molar-refractivity contribution in [3.63, 3.8) is 0 Å². The molecule has 1 fully saturated rings. The number of carboxylic acid groups (broad SMARTS) is 1. The molecule has 1 aliphatic rings. The van der Waals surface area contributed by atoms with Gasteiger partial charge in [0.25, 0.3) is 0 Å². The summed E-state index contributed by atoms with van der Waals surface area (Å²) in [6.45, 7) is 5.82. The third kappa shape index (κ3) is 41.0. The van der Waals surface area contributed by atoms with Crippen LogP contribution in [0, 0.1) is 0 Å². The molecule has 0 aromatic carbocycles. The number of hydrogen-bond acceptors (Lipinski definition) is 11. The third-order valence-electron chi connectivity index (χ3n) is 13.2. The number of aliphatic carboxylic acids is 1. The molecule has 12 nitrogen and oxygen atoms in total. The topological polar surface area (TPSA) is 175 Å². The summed E-state index contributed by atoms with van der Waals surface area (Å²) in [4.78, 5) is 51.1. The minimum Gasteiger partial charge on any atom is -0.479 e. The molecule has 12 heteroatoms. The Labute approximate surface area is 455 Å². The van der Waals surface area contributed by atoms with Crippen molar-refractivity contribution in [2.24, 2.45) is 0 Å². The molecule has 1 heterocycles. The Bertz CT molecular complexity index is 1580. The normalized spacial score (nSPS) is 18.7. The van der Waals surface area contributed by atoms with E-state index < -0.39 is 67.3 Å². The number of ether oxygens (including phenoxy) is 5. The van der Waals surface area contributed by atoms with Gasteiger partial charge in [-0.1, -0.05) is 196 Å². The molecule has 430 valence electrons. The molecule has 0 bridgehead atoms. The summed E-state index contributed by atoms with van der Waals surface area (Å²) in [7, 11) is 0. The minimum absolute atomic E-state index is 0.0378. The molecule has 6 atom stereocenters. The highest BCUT2D eigenvalue weighted by Crippen LogP contribution is 2.26. The van der Waals surface area contributed by atoms with Crippen LogP contribution in [0.3, 0.4) is 0 Å². The van der Waals surface area contributed by atoms with E-state index in [0.29, 0.717) is 19.3 Å². The van der Waals surface area contributed by atoms with Crippen molar-refractivity contribution in [1.82, 2.24) is 0 Å². The minimum atomic E-state index is -1.91. The highest BCUT2D eigenvalue weighted by atomic mass is 16.7. The predicted molar refractivity (Wildman–Crippen MR) is 303 cm³/mol. The van der Waals surface area contributed by atoms with Gasteiger partial charge < -0.3 is 39.0 Å². The Kier molecular flexibility index (Phi) is 47.0. The van der Waals surface area contributed by atoms with Gasteiger partial charge >= 0.3 is 23.9 Å². The quantitative estimate of drug-likeness (QED) is 0.0228. The second kappa shape index (κ2) is 50.9. The lowest BCUT2D eigenvalue weighted by atomic mass is 9.98. The number of aliphatic hydroxyl groups excluding tert-OH is 2. The van der Waals surface area contributed by atoms with Gasteiger partial charge in [0.15, 0.2) is 24.6 Å². The van der Waals surface area contributed by atoms with Crippen LogP contribution in [0.25, 0.3) is 0 Å². The highest BCUT2D eigenvalue weighted by molar-refractivity contribution is 5.74. The number of esters is 3. The highest BCUT2D eigenvalue weighted by Gasteiger charge is 2.50. The molecule has 75 heavy (non-hydrogen) atoms. The van der Waals surface area contributed by atoms with Gasteiger partial charge in [0.2, 0.25) is 0 Å². The molecule has 1 aliphatic heterocycles. The van der Waals surface area contributed by atoms with Crippen molar-refractivity contribution in [3.05, 3.63) is 72.9 Å². The average molecular weight is 1060 g/mol. The Hall–Kier alpha value is -3.84. The van der Waals surface area contributed by atoms with Gasteiger partial charge in [0, 0.05) is 19.3 Å². The molecule has 0 radical (unpaired) electrons. The van der Waals surface area contributed by atoms with E-state index in [2.05, 4.69) is 93.7 Å². The zero-order valence-electron chi connectivity index (χ0n) is 47.3. The maximum absolute atomic E-state index is 13.1. The van der Waals surface area contributed by atoms with Crippen molar-refractivity contribution in [2.45, 2.75) is 289 Å². The van der Waals surface area contributed by atoms with Gasteiger partial charge in [-0.25, -0.2) is 4.79 Å². The van der Waals surface area contributed by atoms with Crippen LogP contribution in [0.15, 0.2) is 72.9 Å². The number of carbonyl (C=O) groups is 4. The molecule has 0 aromatic heterocycles. The first-order valence-corrected chi connectivity index (χ1v) is 29.9. The van der Waals surface area contributed by atoms with Crippen molar-refractivity contribution in [1.29, 1.82) is 0 Å². The van der Waals surface area contributed by atoms with E-state index in [4.69, 9.17) is 23.7 Å². The SMILES string of the molecule is CC/C=C\C/C=C\C/C=C\CCCCCCCC(=O)OC1C(OCC(COC(=O)CCCCCCCCC/C=C\C/C=C\CCCCC)OC(=O)CCCCCCC/C=C\CCCCCC)OC(C(=O)O)C(O)C1O. The van der Waals surface area contributed by atoms with Crippen molar-refractivity contribution < 1.29 is 58.2 Å². The summed E-state index contributed by atoms with van der Waals surface area (Å²) in [5.41, 5.74) is 0. The summed E-state index contributed by atoms with van der Waals surface area (Å²) in [6, 6.07) is 0. The van der Waals surface area contributed by atoms with Gasteiger partial charge in [-0.05, 0) is 109 Å². The van der Waals surface area contributed by atoms with Gasteiger partial charge in [-0.15, -0.1) is 0 Å². The summed E-state index contributed by atoms with van der Waals surface area (Å²) < 4.78 is 28.4. The summed E-state index contributed by atoms with van der Waals surface area (Å²) >= 11 is 0. The largest absolute Gasteiger partial charge is 0.479 e. The zero-order valence-corrected chi connectivity index (χ0v) is 47.3. The number of aliphatic hydroxyl groups is 2. The first-order valence-electron chi connectivity index (χ1n) is 29.9. The average Bonchev–Trinajstić information content (AvgIpc) is 3.39. The number of allylic oxidation sites excluding steroid dienone is 12. The predicted octanol–water partition coefficient (Wildman–Crippen LogP) is 15.3. The molecule has 1 saturated heterocycles. The monoisotopic (exact) mass is 1050 g/mol. The Morgan fingerprint density at radius 1 is 0.453 bits per heavy atom. The summed E-state index contributed by atoms with van der Waals surface area (Å²) in [6.07, 6.45) is 51.5. The lowest BCUT2D eigenvalue weighted by Crippen LogP contribution is -2.61. The molecule has 0 aliphatic carbocycles. The molecular formula is C63H106O12. The van der Waals surface area contributed by atoms with E-state index in [1.165, 1.54) is 64.2 Å². The van der Waals surface area contributed by atoms with Crippen LogP contribution in [0.4, 0.5) is 0 Å². The summed E-state index contributed by atoms with van der Waals surface area (Å²) in [5, 5.41) is 31.5. The van der Waals surface area contributed by atoms with Crippen molar-refractivity contribution >= 4 is 23.9 Å². The van der Waals surface area contributed by atoms with Crippen molar-refractivity contribution in [3.8, 4) is 0 Å². The molecule has 0 amide bonds. The zero-order chi connectivity index (χ0) is 54.7.